The van der Waals surface area contributed by atoms with Crippen LogP contribution >= 0.6 is 0 Å². The number of carbonyl (C=O) groups is 1. The predicted octanol–water partition coefficient (Wildman–Crippen LogP) is 1.55. The number of Topliss-reactive ketones (excluding diaryl/α,β-unsaturated/α-hetero) is 1. The number of nitrogens with zero attached hydrogens (tertiary/aromatic N) is 1. The van der Waals surface area contributed by atoms with Gasteiger partial charge in [-0.15, -0.1) is 6.58 Å². The van der Waals surface area contributed by atoms with Crippen molar-refractivity contribution in [2.24, 2.45) is 5.92 Å². The SMILES string of the molecule is C=CCN1C[C@H](C)[C@]23c4c5ccc(O)c4O[C@H]2C(=O)CC[C@@]3(O)[C@H]1C5. The maximum absolute atomic E-state index is 12.8. The first-order valence-corrected chi connectivity index (χ1v) is 9.07. The first kappa shape index (κ1) is 15.4. The van der Waals surface area contributed by atoms with Gasteiger partial charge in [-0.2, -0.15) is 0 Å². The molecule has 0 amide bonds. The third-order valence-corrected chi connectivity index (χ3v) is 7.10. The van der Waals surface area contributed by atoms with Crippen molar-refractivity contribution in [3.63, 3.8) is 0 Å². The average Bonchev–Trinajstić information content (AvgIpc) is 2.95. The second kappa shape index (κ2) is 4.65. The minimum atomic E-state index is -1.03. The molecule has 0 unspecified atom stereocenters. The van der Waals surface area contributed by atoms with Crippen molar-refractivity contribution in [3.8, 4) is 11.5 Å². The zero-order valence-corrected chi connectivity index (χ0v) is 14.4. The Labute approximate surface area is 146 Å². The molecule has 4 aliphatic rings. The Morgan fingerprint density at radius 2 is 2.28 bits per heavy atom. The topological polar surface area (TPSA) is 70.0 Å². The third kappa shape index (κ3) is 1.51. The zero-order valence-electron chi connectivity index (χ0n) is 14.4. The van der Waals surface area contributed by atoms with E-state index in [1.807, 2.05) is 12.1 Å². The molecule has 1 saturated carbocycles. The van der Waals surface area contributed by atoms with E-state index in [9.17, 15) is 15.0 Å². The highest BCUT2D eigenvalue weighted by Crippen LogP contribution is 2.66. The highest BCUT2D eigenvalue weighted by Gasteiger charge is 2.75. The highest BCUT2D eigenvalue weighted by atomic mass is 16.5. The number of hydrogen-bond donors (Lipinski definition) is 2. The van der Waals surface area contributed by atoms with Gasteiger partial charge in [-0.3, -0.25) is 9.69 Å². The Morgan fingerprint density at radius 3 is 3.04 bits per heavy atom. The number of aliphatic hydroxyl groups is 1. The van der Waals surface area contributed by atoms with Crippen LogP contribution in [0.15, 0.2) is 24.8 Å². The number of carbonyl (C=O) groups excluding carboxylic acids is 1. The van der Waals surface area contributed by atoms with Gasteiger partial charge < -0.3 is 14.9 Å². The Morgan fingerprint density at radius 1 is 1.48 bits per heavy atom. The number of aromatic hydroxyl groups is 1. The molecule has 1 aromatic rings. The van der Waals surface area contributed by atoms with Crippen LogP contribution in [-0.4, -0.2) is 51.7 Å². The van der Waals surface area contributed by atoms with Crippen LogP contribution in [0.2, 0.25) is 0 Å². The molecule has 1 aromatic carbocycles. The molecule has 2 N–H and O–H groups in total. The van der Waals surface area contributed by atoms with Gasteiger partial charge in [0.15, 0.2) is 23.4 Å². The van der Waals surface area contributed by atoms with Crippen LogP contribution in [0.25, 0.3) is 0 Å². The third-order valence-electron chi connectivity index (χ3n) is 7.10. The van der Waals surface area contributed by atoms with E-state index in [1.165, 1.54) is 0 Å². The van der Waals surface area contributed by atoms with Crippen molar-refractivity contribution in [1.29, 1.82) is 0 Å². The Balaban J connectivity index is 1.84. The molecule has 0 radical (unpaired) electrons. The molecule has 0 aromatic heterocycles. The Kier molecular flexibility index (Phi) is 2.87. The van der Waals surface area contributed by atoms with E-state index in [1.54, 1.807) is 6.07 Å². The normalized spacial score (nSPS) is 41.2. The highest BCUT2D eigenvalue weighted by molar-refractivity contribution is 5.90. The van der Waals surface area contributed by atoms with Gasteiger partial charge in [0.1, 0.15) is 0 Å². The van der Waals surface area contributed by atoms with Gasteiger partial charge in [0.05, 0.1) is 11.0 Å². The van der Waals surface area contributed by atoms with Crippen LogP contribution in [0, 0.1) is 5.92 Å². The largest absolute Gasteiger partial charge is 0.504 e. The van der Waals surface area contributed by atoms with Gasteiger partial charge >= 0.3 is 0 Å². The summed E-state index contributed by atoms with van der Waals surface area (Å²) in [6.07, 6.45) is 2.65. The van der Waals surface area contributed by atoms with Gasteiger partial charge in [0.25, 0.3) is 0 Å². The van der Waals surface area contributed by atoms with E-state index in [2.05, 4.69) is 18.4 Å². The molecule has 2 aliphatic heterocycles. The number of hydrogen-bond acceptors (Lipinski definition) is 5. The minimum absolute atomic E-state index is 0.0325. The van der Waals surface area contributed by atoms with Crippen molar-refractivity contribution in [2.75, 3.05) is 13.1 Å². The molecule has 2 aliphatic carbocycles. The number of phenolic OH excluding ortho intramolecular Hbond substituents is 1. The molecule has 5 rings (SSSR count). The fourth-order valence-electron chi connectivity index (χ4n) is 6.28. The summed E-state index contributed by atoms with van der Waals surface area (Å²) >= 11 is 0. The summed E-state index contributed by atoms with van der Waals surface area (Å²) in [4.78, 5) is 15.1. The second-order valence-electron chi connectivity index (χ2n) is 8.07. The molecule has 2 heterocycles. The Bertz CT molecular complexity index is 805. The first-order valence-electron chi connectivity index (χ1n) is 9.07. The van der Waals surface area contributed by atoms with Gasteiger partial charge in [0.2, 0.25) is 0 Å². The van der Waals surface area contributed by atoms with Gasteiger partial charge in [-0.05, 0) is 30.4 Å². The number of ether oxygens (including phenoxy) is 1. The number of rotatable bonds is 2. The number of benzene rings is 1. The number of phenols is 1. The lowest BCUT2D eigenvalue weighted by Crippen LogP contribution is -2.79. The first-order chi connectivity index (χ1) is 11.9. The summed E-state index contributed by atoms with van der Waals surface area (Å²) in [7, 11) is 0. The van der Waals surface area contributed by atoms with Crippen LogP contribution < -0.4 is 4.74 Å². The summed E-state index contributed by atoms with van der Waals surface area (Å²) in [5.74, 6) is 0.552. The summed E-state index contributed by atoms with van der Waals surface area (Å²) in [6.45, 7) is 7.46. The number of piperidine rings is 1. The van der Waals surface area contributed by atoms with Crippen LogP contribution in [-0.2, 0) is 16.6 Å². The molecule has 2 bridgehead atoms. The van der Waals surface area contributed by atoms with Crippen molar-refractivity contribution in [3.05, 3.63) is 35.9 Å². The van der Waals surface area contributed by atoms with E-state index in [0.717, 1.165) is 17.7 Å². The monoisotopic (exact) mass is 341 g/mol. The smallest absolute Gasteiger partial charge is 0.174 e. The van der Waals surface area contributed by atoms with Crippen LogP contribution in [0.1, 0.15) is 30.9 Å². The van der Waals surface area contributed by atoms with E-state index >= 15 is 0 Å². The van der Waals surface area contributed by atoms with Crippen molar-refractivity contribution in [1.82, 2.24) is 4.90 Å². The van der Waals surface area contributed by atoms with E-state index in [0.29, 0.717) is 31.6 Å². The summed E-state index contributed by atoms with van der Waals surface area (Å²) in [5, 5.41) is 22.4. The van der Waals surface area contributed by atoms with Gasteiger partial charge in [-0.1, -0.05) is 19.1 Å². The molecule has 25 heavy (non-hydrogen) atoms. The number of ketones is 1. The van der Waals surface area contributed by atoms with Gasteiger partial charge in [-0.25, -0.2) is 0 Å². The van der Waals surface area contributed by atoms with Crippen molar-refractivity contribution in [2.45, 2.75) is 49.3 Å². The lowest BCUT2D eigenvalue weighted by Gasteiger charge is -2.65. The molecule has 2 fully saturated rings. The molecule has 5 nitrogen and oxygen atoms in total. The van der Waals surface area contributed by atoms with E-state index in [4.69, 9.17) is 4.74 Å². The fourth-order valence-corrected chi connectivity index (χ4v) is 6.28. The summed E-state index contributed by atoms with van der Waals surface area (Å²) in [6, 6.07) is 3.51. The van der Waals surface area contributed by atoms with Crippen LogP contribution in [0.4, 0.5) is 0 Å². The van der Waals surface area contributed by atoms with E-state index in [-0.39, 0.29) is 23.5 Å². The average molecular weight is 341 g/mol. The standard InChI is InChI=1S/C20H23NO4/c1-3-8-21-10-11(2)20-16-12-4-5-13(22)17(16)25-18(20)14(23)6-7-19(20,24)15(21)9-12/h3-5,11,15,18,22,24H,1,6-10H2,2H3/t11-,15+,18-,19+,20-/m0/s1. The van der Waals surface area contributed by atoms with Crippen LogP contribution in [0.5, 0.6) is 11.5 Å². The lowest BCUT2D eigenvalue weighted by atomic mass is 9.46. The molecule has 1 spiro atoms. The summed E-state index contributed by atoms with van der Waals surface area (Å²) in [5.41, 5.74) is 0.181. The predicted molar refractivity (Wildman–Crippen MR) is 91.8 cm³/mol. The molecule has 5 heteroatoms. The molecule has 5 atom stereocenters. The van der Waals surface area contributed by atoms with Crippen molar-refractivity contribution < 1.29 is 19.7 Å². The minimum Gasteiger partial charge on any atom is -0.504 e. The fraction of sp³-hybridized carbons (Fsp3) is 0.550. The molecule has 1 saturated heterocycles. The Hall–Kier alpha value is -1.85. The summed E-state index contributed by atoms with van der Waals surface area (Å²) < 4.78 is 6.05. The molecular formula is C20H23NO4. The quantitative estimate of drug-likeness (QED) is 0.799. The zero-order chi connectivity index (χ0) is 17.6. The lowest BCUT2D eigenvalue weighted by molar-refractivity contribution is -0.203. The molecule has 132 valence electrons. The maximum atomic E-state index is 12.8. The van der Waals surface area contributed by atoms with E-state index < -0.39 is 17.1 Å². The van der Waals surface area contributed by atoms with Gasteiger partial charge in [0, 0.05) is 31.1 Å². The molecular weight excluding hydrogens is 318 g/mol. The second-order valence-corrected chi connectivity index (χ2v) is 8.07. The number of likely N-dealkylation sites (tertiary alicyclic amines) is 1. The maximum Gasteiger partial charge on any atom is 0.174 e. The van der Waals surface area contributed by atoms with Crippen molar-refractivity contribution >= 4 is 5.78 Å². The van der Waals surface area contributed by atoms with Crippen LogP contribution in [0.3, 0.4) is 0 Å².